The van der Waals surface area contributed by atoms with Gasteiger partial charge in [-0.2, -0.15) is 0 Å². The van der Waals surface area contributed by atoms with Gasteiger partial charge in [-0.1, -0.05) is 6.42 Å². The maximum Gasteiger partial charge on any atom is -0.0269 e. The third-order valence-electron chi connectivity index (χ3n) is 4.88. The van der Waals surface area contributed by atoms with E-state index in [0.29, 0.717) is 0 Å². The van der Waals surface area contributed by atoms with Gasteiger partial charge < -0.3 is 0 Å². The van der Waals surface area contributed by atoms with Crippen molar-refractivity contribution in [3.05, 3.63) is 0 Å². The van der Waals surface area contributed by atoms with Gasteiger partial charge in [0, 0.05) is 0 Å². The van der Waals surface area contributed by atoms with E-state index in [0.717, 1.165) is 11.3 Å². The van der Waals surface area contributed by atoms with Gasteiger partial charge in [-0.05, 0) is 62.2 Å². The Hall–Kier alpha value is 0. The van der Waals surface area contributed by atoms with Gasteiger partial charge >= 0.3 is 0 Å². The summed E-state index contributed by atoms with van der Waals surface area (Å²) in [7, 11) is 0. The van der Waals surface area contributed by atoms with Gasteiger partial charge in [0.1, 0.15) is 0 Å². The average molecular weight is 150 g/mol. The summed E-state index contributed by atoms with van der Waals surface area (Å²) in [5, 5.41) is 0. The second-order valence-corrected chi connectivity index (χ2v) is 5.12. The number of fused-ring (bicyclic) bond motifs is 3. The lowest BCUT2D eigenvalue weighted by Gasteiger charge is -2.51. The molecular weight excluding hydrogens is 132 g/mol. The number of rotatable bonds is 0. The Labute approximate surface area is 69.4 Å². The fraction of sp³-hybridized carbons (Fsp3) is 1.00. The summed E-state index contributed by atoms with van der Waals surface area (Å²) < 4.78 is 0. The topological polar surface area (TPSA) is 0 Å². The minimum absolute atomic E-state index is 0.910. The van der Waals surface area contributed by atoms with Crippen molar-refractivity contribution in [2.45, 2.75) is 51.4 Å². The summed E-state index contributed by atoms with van der Waals surface area (Å²) in [4.78, 5) is 0. The maximum atomic E-state index is 1.60. The zero-order valence-electron chi connectivity index (χ0n) is 7.31. The quantitative estimate of drug-likeness (QED) is 0.496. The Kier molecular flexibility index (Phi) is 1.20. The molecule has 0 heteroatoms. The van der Waals surface area contributed by atoms with Crippen molar-refractivity contribution in [1.29, 1.82) is 0 Å². The predicted octanol–water partition coefficient (Wildman–Crippen LogP) is 3.37. The Morgan fingerprint density at radius 2 is 1.45 bits per heavy atom. The van der Waals surface area contributed by atoms with Crippen LogP contribution in [0, 0.1) is 17.3 Å². The smallest absolute Gasteiger partial charge is 0.0269 e. The van der Waals surface area contributed by atoms with E-state index in [4.69, 9.17) is 0 Å². The molecule has 0 N–H and O–H groups in total. The molecule has 1 atom stereocenters. The van der Waals surface area contributed by atoms with Crippen LogP contribution < -0.4 is 0 Å². The SMILES string of the molecule is C1CC2CCC23CCC1CC3. The largest absolute Gasteiger partial charge is 0.0502 e. The van der Waals surface area contributed by atoms with Crippen LogP contribution in [0.5, 0.6) is 0 Å². The van der Waals surface area contributed by atoms with Gasteiger partial charge in [0.05, 0.1) is 0 Å². The highest BCUT2D eigenvalue weighted by molar-refractivity contribution is 5.00. The van der Waals surface area contributed by atoms with E-state index >= 15 is 0 Å². The summed E-state index contributed by atoms with van der Waals surface area (Å²) in [5.41, 5.74) is 0.910. The van der Waals surface area contributed by atoms with Crippen molar-refractivity contribution < 1.29 is 0 Å². The maximum absolute atomic E-state index is 1.60. The molecule has 1 unspecified atom stereocenters. The molecule has 0 nitrogen and oxygen atoms in total. The molecule has 0 aromatic rings. The van der Waals surface area contributed by atoms with Gasteiger partial charge in [0.15, 0.2) is 0 Å². The Morgan fingerprint density at radius 1 is 0.727 bits per heavy atom. The molecule has 0 aromatic heterocycles. The van der Waals surface area contributed by atoms with Crippen molar-refractivity contribution in [3.63, 3.8) is 0 Å². The van der Waals surface area contributed by atoms with Crippen LogP contribution in [0.1, 0.15) is 51.4 Å². The molecule has 0 saturated heterocycles. The first-order valence-corrected chi connectivity index (χ1v) is 5.39. The molecule has 4 aliphatic carbocycles. The lowest BCUT2D eigenvalue weighted by Crippen LogP contribution is -2.40. The molecule has 11 heavy (non-hydrogen) atoms. The van der Waals surface area contributed by atoms with E-state index in [1.54, 1.807) is 51.4 Å². The van der Waals surface area contributed by atoms with Gasteiger partial charge in [0.25, 0.3) is 0 Å². The van der Waals surface area contributed by atoms with Crippen molar-refractivity contribution in [2.24, 2.45) is 17.3 Å². The molecule has 4 rings (SSSR count). The molecule has 0 heterocycles. The first-order valence-electron chi connectivity index (χ1n) is 5.39. The van der Waals surface area contributed by atoms with E-state index < -0.39 is 0 Å². The molecule has 2 bridgehead atoms. The van der Waals surface area contributed by atoms with Gasteiger partial charge in [-0.15, -0.1) is 0 Å². The molecule has 0 amide bonds. The molecular formula is C11H18. The van der Waals surface area contributed by atoms with Crippen LogP contribution in [0.4, 0.5) is 0 Å². The van der Waals surface area contributed by atoms with Gasteiger partial charge in [-0.3, -0.25) is 0 Å². The molecule has 4 saturated carbocycles. The summed E-state index contributed by atoms with van der Waals surface area (Å²) in [6, 6.07) is 0. The van der Waals surface area contributed by atoms with E-state index in [9.17, 15) is 0 Å². The lowest BCUT2D eigenvalue weighted by atomic mass is 9.55. The number of hydrogen-bond acceptors (Lipinski definition) is 0. The van der Waals surface area contributed by atoms with Crippen molar-refractivity contribution in [1.82, 2.24) is 0 Å². The lowest BCUT2D eigenvalue weighted by molar-refractivity contribution is 0.00112. The molecule has 4 aliphatic rings. The van der Waals surface area contributed by atoms with Crippen LogP contribution in [-0.4, -0.2) is 0 Å². The average Bonchev–Trinajstić information content (AvgIpc) is 2.20. The Bertz CT molecular complexity index is 160. The predicted molar refractivity (Wildman–Crippen MR) is 46.3 cm³/mol. The van der Waals surface area contributed by atoms with Crippen molar-refractivity contribution in [2.75, 3.05) is 0 Å². The third kappa shape index (κ3) is 0.761. The normalized spacial score (nSPS) is 54.5. The van der Waals surface area contributed by atoms with Crippen LogP contribution in [0.25, 0.3) is 0 Å². The van der Waals surface area contributed by atoms with Crippen molar-refractivity contribution in [3.8, 4) is 0 Å². The highest BCUT2D eigenvalue weighted by atomic mass is 14.5. The van der Waals surface area contributed by atoms with Gasteiger partial charge in [-0.25, -0.2) is 0 Å². The molecule has 1 spiro atoms. The highest BCUT2D eigenvalue weighted by Crippen LogP contribution is 2.61. The highest BCUT2D eigenvalue weighted by Gasteiger charge is 2.49. The third-order valence-corrected chi connectivity index (χ3v) is 4.88. The van der Waals surface area contributed by atoms with Crippen LogP contribution in [0.3, 0.4) is 0 Å². The molecule has 62 valence electrons. The molecule has 0 aromatic carbocycles. The van der Waals surface area contributed by atoms with E-state index in [1.165, 1.54) is 5.92 Å². The fourth-order valence-electron chi connectivity index (χ4n) is 3.84. The second kappa shape index (κ2) is 2.02. The van der Waals surface area contributed by atoms with Crippen LogP contribution in [0.15, 0.2) is 0 Å². The van der Waals surface area contributed by atoms with Crippen LogP contribution in [-0.2, 0) is 0 Å². The summed E-state index contributed by atoms with van der Waals surface area (Å²) in [6.07, 6.45) is 12.7. The first kappa shape index (κ1) is 6.51. The second-order valence-electron chi connectivity index (χ2n) is 5.12. The number of hydrogen-bond donors (Lipinski definition) is 0. The van der Waals surface area contributed by atoms with Crippen LogP contribution in [0.2, 0.25) is 0 Å². The fourth-order valence-corrected chi connectivity index (χ4v) is 3.84. The van der Waals surface area contributed by atoms with Gasteiger partial charge in [0.2, 0.25) is 0 Å². The zero-order valence-corrected chi connectivity index (χ0v) is 7.31. The Balaban J connectivity index is 1.90. The first-order chi connectivity index (χ1) is 5.39. The van der Waals surface area contributed by atoms with Crippen molar-refractivity contribution >= 4 is 0 Å². The molecule has 0 radical (unpaired) electrons. The monoisotopic (exact) mass is 150 g/mol. The van der Waals surface area contributed by atoms with Crippen LogP contribution >= 0.6 is 0 Å². The van der Waals surface area contributed by atoms with E-state index in [2.05, 4.69) is 0 Å². The standard InChI is InChI=1S/C11H18/c1-2-10-5-8-11(10)6-3-9(1)4-7-11/h9-10H,1-8H2. The van der Waals surface area contributed by atoms with E-state index in [1.807, 2.05) is 0 Å². The van der Waals surface area contributed by atoms with E-state index in [-0.39, 0.29) is 0 Å². The summed E-state index contributed by atoms with van der Waals surface area (Å²) in [5.74, 6) is 2.32. The zero-order chi connectivity index (χ0) is 7.31. The minimum atomic E-state index is 0.910. The summed E-state index contributed by atoms with van der Waals surface area (Å²) >= 11 is 0. The molecule has 4 fully saturated rings. The molecule has 0 aliphatic heterocycles. The summed E-state index contributed by atoms with van der Waals surface area (Å²) in [6.45, 7) is 0. The Morgan fingerprint density at radius 3 is 2.09 bits per heavy atom. The minimum Gasteiger partial charge on any atom is -0.0502 e.